The first-order valence-corrected chi connectivity index (χ1v) is 10.1. The molecule has 5 nitrogen and oxygen atoms in total. The van der Waals surface area contributed by atoms with Crippen molar-refractivity contribution < 1.29 is 18.7 Å². The zero-order valence-electron chi connectivity index (χ0n) is 16.2. The van der Waals surface area contributed by atoms with E-state index in [-0.39, 0.29) is 18.3 Å². The largest absolute Gasteiger partial charge is 0.497 e. The number of nitrogens with zero attached hydrogens (tertiary/aromatic N) is 2. The summed E-state index contributed by atoms with van der Waals surface area (Å²) in [4.78, 5) is 19.2. The number of fused-ring (bicyclic) bond motifs is 1. The van der Waals surface area contributed by atoms with Gasteiger partial charge in [0.25, 0.3) is 5.91 Å². The van der Waals surface area contributed by atoms with Crippen molar-refractivity contribution in [2.45, 2.75) is 6.54 Å². The lowest BCUT2D eigenvalue weighted by Crippen LogP contribution is -2.34. The molecule has 0 aliphatic carbocycles. The number of carbonyl (C=O) groups is 1. The Bertz CT molecular complexity index is 1160. The average molecular weight is 422 g/mol. The fourth-order valence-electron chi connectivity index (χ4n) is 2.95. The molecular weight excluding hydrogens is 403 g/mol. The molecule has 0 aliphatic rings. The van der Waals surface area contributed by atoms with E-state index in [4.69, 9.17) is 9.47 Å². The fraction of sp³-hybridized carbons (Fsp3) is 0.130. The van der Waals surface area contributed by atoms with Gasteiger partial charge in [0.1, 0.15) is 5.75 Å². The van der Waals surface area contributed by atoms with E-state index in [0.29, 0.717) is 17.4 Å². The molecule has 0 saturated heterocycles. The number of thiazole rings is 1. The van der Waals surface area contributed by atoms with E-state index in [1.807, 2.05) is 48.5 Å². The van der Waals surface area contributed by atoms with E-state index in [9.17, 15) is 9.18 Å². The van der Waals surface area contributed by atoms with Crippen LogP contribution in [0, 0.1) is 5.82 Å². The second-order valence-corrected chi connectivity index (χ2v) is 7.52. The smallest absolute Gasteiger partial charge is 0.267 e. The Morgan fingerprint density at radius 2 is 1.83 bits per heavy atom. The molecule has 1 amide bonds. The number of aromatic nitrogens is 1. The minimum atomic E-state index is -0.507. The number of rotatable bonds is 7. The SMILES string of the molecule is COc1ccc2sc(N(Cc3ccccc3)C(=O)COc3ccccc3F)nc2c1. The molecule has 1 aromatic heterocycles. The summed E-state index contributed by atoms with van der Waals surface area (Å²) in [6.07, 6.45) is 0. The lowest BCUT2D eigenvalue weighted by Gasteiger charge is -2.20. The molecular formula is C23H19FN2O3S. The van der Waals surface area contributed by atoms with Crippen LogP contribution in [0.15, 0.2) is 72.8 Å². The van der Waals surface area contributed by atoms with Crippen LogP contribution in [0.3, 0.4) is 0 Å². The molecule has 152 valence electrons. The zero-order valence-corrected chi connectivity index (χ0v) is 17.1. The summed E-state index contributed by atoms with van der Waals surface area (Å²) < 4.78 is 25.5. The quantitative estimate of drug-likeness (QED) is 0.418. The predicted octanol–water partition coefficient (Wildman–Crippen LogP) is 5.06. The molecule has 0 radical (unpaired) electrons. The highest BCUT2D eigenvalue weighted by Crippen LogP contribution is 2.32. The number of methoxy groups -OCH3 is 1. The number of ether oxygens (including phenoxy) is 2. The van der Waals surface area contributed by atoms with Crippen molar-refractivity contribution in [2.75, 3.05) is 18.6 Å². The van der Waals surface area contributed by atoms with Gasteiger partial charge in [0, 0.05) is 6.07 Å². The van der Waals surface area contributed by atoms with Crippen LogP contribution in [0.25, 0.3) is 10.2 Å². The topological polar surface area (TPSA) is 51.7 Å². The summed E-state index contributed by atoms with van der Waals surface area (Å²) in [5, 5.41) is 0.546. The molecule has 0 bridgehead atoms. The molecule has 1 heterocycles. The van der Waals surface area contributed by atoms with Gasteiger partial charge in [0.15, 0.2) is 23.3 Å². The highest BCUT2D eigenvalue weighted by Gasteiger charge is 2.21. The van der Waals surface area contributed by atoms with Crippen molar-refractivity contribution in [3.8, 4) is 11.5 Å². The van der Waals surface area contributed by atoms with E-state index in [1.165, 1.54) is 23.5 Å². The number of para-hydroxylation sites is 1. The number of halogens is 1. The summed E-state index contributed by atoms with van der Waals surface area (Å²) in [5.41, 5.74) is 1.70. The summed E-state index contributed by atoms with van der Waals surface area (Å²) >= 11 is 1.41. The van der Waals surface area contributed by atoms with E-state index < -0.39 is 5.82 Å². The van der Waals surface area contributed by atoms with Gasteiger partial charge in [0.05, 0.1) is 23.9 Å². The molecule has 0 N–H and O–H groups in total. The normalized spacial score (nSPS) is 10.7. The van der Waals surface area contributed by atoms with Crippen molar-refractivity contribution in [1.29, 1.82) is 0 Å². The molecule has 3 aromatic carbocycles. The molecule has 0 fully saturated rings. The minimum Gasteiger partial charge on any atom is -0.497 e. The van der Waals surface area contributed by atoms with Crippen LogP contribution in [-0.4, -0.2) is 24.6 Å². The van der Waals surface area contributed by atoms with Gasteiger partial charge in [-0.05, 0) is 29.8 Å². The van der Waals surface area contributed by atoms with Crippen LogP contribution in [-0.2, 0) is 11.3 Å². The molecule has 7 heteroatoms. The Hall–Kier alpha value is -3.45. The van der Waals surface area contributed by atoms with Crippen molar-refractivity contribution in [2.24, 2.45) is 0 Å². The van der Waals surface area contributed by atoms with E-state index >= 15 is 0 Å². The summed E-state index contributed by atoms with van der Waals surface area (Å²) in [5.74, 6) is -0.0807. The van der Waals surface area contributed by atoms with Crippen LogP contribution < -0.4 is 14.4 Å². The third-order valence-electron chi connectivity index (χ3n) is 4.49. The van der Waals surface area contributed by atoms with E-state index in [0.717, 1.165) is 15.8 Å². The second-order valence-electron chi connectivity index (χ2n) is 6.51. The van der Waals surface area contributed by atoms with Crippen molar-refractivity contribution in [3.63, 3.8) is 0 Å². The van der Waals surface area contributed by atoms with Crippen molar-refractivity contribution in [3.05, 3.63) is 84.2 Å². The highest BCUT2D eigenvalue weighted by atomic mass is 32.1. The summed E-state index contributed by atoms with van der Waals surface area (Å²) in [7, 11) is 1.60. The molecule has 4 aromatic rings. The van der Waals surface area contributed by atoms with Gasteiger partial charge < -0.3 is 9.47 Å². The zero-order chi connectivity index (χ0) is 20.9. The monoisotopic (exact) mass is 422 g/mol. The molecule has 0 aliphatic heterocycles. The van der Waals surface area contributed by atoms with Crippen LogP contribution in [0.1, 0.15) is 5.56 Å². The molecule has 0 unspecified atom stereocenters. The first kappa shape index (κ1) is 19.8. The van der Waals surface area contributed by atoms with Gasteiger partial charge >= 0.3 is 0 Å². The van der Waals surface area contributed by atoms with Crippen LogP contribution in [0.2, 0.25) is 0 Å². The number of anilines is 1. The van der Waals surface area contributed by atoms with Crippen LogP contribution in [0.4, 0.5) is 9.52 Å². The van der Waals surface area contributed by atoms with E-state index in [2.05, 4.69) is 4.98 Å². The second kappa shape index (κ2) is 8.92. The van der Waals surface area contributed by atoms with Gasteiger partial charge in [-0.1, -0.05) is 53.8 Å². The lowest BCUT2D eigenvalue weighted by atomic mass is 10.2. The van der Waals surface area contributed by atoms with Gasteiger partial charge in [-0.25, -0.2) is 9.37 Å². The van der Waals surface area contributed by atoms with Crippen molar-refractivity contribution in [1.82, 2.24) is 4.98 Å². The molecule has 0 spiro atoms. The number of amides is 1. The standard InChI is InChI=1S/C23H19FN2O3S/c1-28-17-11-12-21-19(13-17)25-23(30-21)26(14-16-7-3-2-4-8-16)22(27)15-29-20-10-6-5-9-18(20)24/h2-13H,14-15H2,1H3. The minimum absolute atomic E-state index is 0.0412. The van der Waals surface area contributed by atoms with Gasteiger partial charge in [-0.15, -0.1) is 0 Å². The van der Waals surface area contributed by atoms with Gasteiger partial charge in [0.2, 0.25) is 0 Å². The lowest BCUT2D eigenvalue weighted by molar-refractivity contribution is -0.120. The van der Waals surface area contributed by atoms with Crippen LogP contribution in [0.5, 0.6) is 11.5 Å². The average Bonchev–Trinajstić information content (AvgIpc) is 3.20. The third kappa shape index (κ3) is 4.41. The van der Waals surface area contributed by atoms with Gasteiger partial charge in [-0.2, -0.15) is 0 Å². The Labute approximate surface area is 177 Å². The Kier molecular flexibility index (Phi) is 5.90. The maximum Gasteiger partial charge on any atom is 0.267 e. The number of hydrogen-bond donors (Lipinski definition) is 0. The number of benzene rings is 3. The Morgan fingerprint density at radius 3 is 2.60 bits per heavy atom. The molecule has 0 atom stereocenters. The third-order valence-corrected chi connectivity index (χ3v) is 5.55. The van der Waals surface area contributed by atoms with Crippen LogP contribution >= 0.6 is 11.3 Å². The maximum atomic E-state index is 13.8. The molecule has 0 saturated carbocycles. The Morgan fingerprint density at radius 1 is 1.07 bits per heavy atom. The summed E-state index contributed by atoms with van der Waals surface area (Å²) in [6.45, 7) is 0.0320. The van der Waals surface area contributed by atoms with Crippen molar-refractivity contribution >= 4 is 32.6 Å². The summed E-state index contributed by atoms with van der Waals surface area (Å²) in [6, 6.07) is 21.2. The predicted molar refractivity (Wildman–Crippen MR) is 116 cm³/mol. The first-order chi connectivity index (χ1) is 14.6. The molecule has 30 heavy (non-hydrogen) atoms. The number of carbonyl (C=O) groups excluding carboxylic acids is 1. The Balaban J connectivity index is 1.62. The first-order valence-electron chi connectivity index (χ1n) is 9.30. The molecule has 4 rings (SSSR count). The van der Waals surface area contributed by atoms with E-state index in [1.54, 1.807) is 24.1 Å². The maximum absolute atomic E-state index is 13.8. The van der Waals surface area contributed by atoms with Gasteiger partial charge in [-0.3, -0.25) is 9.69 Å². The highest BCUT2D eigenvalue weighted by molar-refractivity contribution is 7.22. The number of hydrogen-bond acceptors (Lipinski definition) is 5. The fourth-order valence-corrected chi connectivity index (χ4v) is 3.91.